The molecule has 1 fully saturated rings. The standard InChI is InChI=1S/C29H32N4O10/c1-40-17-21-24(35)25(36)26(43-21)33-13-12-22(32-28(33)38)31-23(34)14-20(27(37)41-15-18-8-4-2-5-9-18)30-29(39)42-16-19-10-6-3-7-11-19/h2-13,20-21,24-26,35-36H,14-17H2,1H3,(H,30,39)(H,31,32,34,38)/t20-,21-,24?,25-,26-/m1/s1. The molecule has 2 heterocycles. The molecule has 1 saturated heterocycles. The van der Waals surface area contributed by atoms with Crippen LogP contribution in [0.2, 0.25) is 0 Å². The molecule has 1 aliphatic heterocycles. The van der Waals surface area contributed by atoms with E-state index in [-0.39, 0.29) is 25.6 Å². The molecular formula is C29H32N4O10. The number of aliphatic hydroxyl groups is 2. The number of nitrogens with zero attached hydrogens (tertiary/aromatic N) is 2. The second kappa shape index (κ2) is 15.0. The van der Waals surface area contributed by atoms with Gasteiger partial charge in [-0.3, -0.25) is 9.36 Å². The van der Waals surface area contributed by atoms with Crippen molar-refractivity contribution in [3.63, 3.8) is 0 Å². The summed E-state index contributed by atoms with van der Waals surface area (Å²) in [5.41, 5.74) is 0.542. The summed E-state index contributed by atoms with van der Waals surface area (Å²) in [5.74, 6) is -1.80. The minimum absolute atomic E-state index is 0.00612. The van der Waals surface area contributed by atoms with Gasteiger partial charge in [-0.25, -0.2) is 14.4 Å². The highest BCUT2D eigenvalue weighted by Crippen LogP contribution is 2.28. The average Bonchev–Trinajstić information content (AvgIpc) is 3.28. The molecule has 1 unspecified atom stereocenters. The zero-order valence-electron chi connectivity index (χ0n) is 23.2. The number of benzene rings is 2. The van der Waals surface area contributed by atoms with E-state index < -0.39 is 60.7 Å². The van der Waals surface area contributed by atoms with Crippen LogP contribution in [0.15, 0.2) is 77.7 Å². The highest BCUT2D eigenvalue weighted by atomic mass is 16.6. The first-order valence-electron chi connectivity index (χ1n) is 13.3. The van der Waals surface area contributed by atoms with Crippen LogP contribution in [0.5, 0.6) is 0 Å². The molecule has 1 aliphatic rings. The maximum Gasteiger partial charge on any atom is 0.408 e. The Morgan fingerprint density at radius 1 is 0.953 bits per heavy atom. The summed E-state index contributed by atoms with van der Waals surface area (Å²) in [6.07, 6.45) is -5.07. The van der Waals surface area contributed by atoms with Crippen LogP contribution in [0.4, 0.5) is 10.6 Å². The van der Waals surface area contributed by atoms with E-state index in [0.29, 0.717) is 5.56 Å². The Morgan fingerprint density at radius 2 is 1.58 bits per heavy atom. The molecule has 43 heavy (non-hydrogen) atoms. The SMILES string of the molecule is COC[C@H]1O[C@@H](n2ccc(NC(=O)C[C@@H](NC(=O)OCc3ccccc3)C(=O)OCc3ccccc3)nc2=O)[C@H](O)C1O. The lowest BCUT2D eigenvalue weighted by Gasteiger charge is -2.18. The summed E-state index contributed by atoms with van der Waals surface area (Å²) in [6.45, 7) is -0.158. The third kappa shape index (κ3) is 8.68. The van der Waals surface area contributed by atoms with Gasteiger partial charge in [0.15, 0.2) is 6.23 Å². The number of alkyl carbamates (subject to hydrolysis) is 1. The van der Waals surface area contributed by atoms with E-state index in [2.05, 4.69) is 15.6 Å². The van der Waals surface area contributed by atoms with E-state index in [1.807, 2.05) is 6.07 Å². The second-order valence-corrected chi connectivity index (χ2v) is 9.61. The number of carbonyl (C=O) groups excluding carboxylic acids is 3. The normalized spacial score (nSPS) is 20.2. The molecular weight excluding hydrogens is 564 g/mol. The van der Waals surface area contributed by atoms with Gasteiger partial charge in [0.05, 0.1) is 13.0 Å². The first kappa shape index (κ1) is 31.3. The molecule has 2 aromatic carbocycles. The molecule has 5 atom stereocenters. The number of amides is 2. The van der Waals surface area contributed by atoms with Crippen LogP contribution in [0.25, 0.3) is 0 Å². The van der Waals surface area contributed by atoms with Gasteiger partial charge in [-0.2, -0.15) is 4.98 Å². The summed E-state index contributed by atoms with van der Waals surface area (Å²) in [7, 11) is 1.40. The lowest BCUT2D eigenvalue weighted by molar-refractivity contribution is -0.148. The Bertz CT molecular complexity index is 1440. The smallest absolute Gasteiger partial charge is 0.408 e. The molecule has 1 aromatic heterocycles. The van der Waals surface area contributed by atoms with Gasteiger partial charge in [0.2, 0.25) is 5.91 Å². The minimum Gasteiger partial charge on any atom is -0.459 e. The van der Waals surface area contributed by atoms with Gasteiger partial charge in [0, 0.05) is 13.3 Å². The maximum absolute atomic E-state index is 12.9. The number of aliphatic hydroxyl groups excluding tert-OH is 2. The summed E-state index contributed by atoms with van der Waals surface area (Å²) >= 11 is 0. The van der Waals surface area contributed by atoms with Crippen molar-refractivity contribution < 1.29 is 43.5 Å². The van der Waals surface area contributed by atoms with E-state index >= 15 is 0 Å². The molecule has 0 spiro atoms. The number of carbonyl (C=O) groups is 3. The molecule has 0 bridgehead atoms. The van der Waals surface area contributed by atoms with Crippen molar-refractivity contribution in [1.82, 2.24) is 14.9 Å². The van der Waals surface area contributed by atoms with Crippen molar-refractivity contribution in [2.24, 2.45) is 0 Å². The highest BCUT2D eigenvalue weighted by Gasteiger charge is 2.44. The first-order chi connectivity index (χ1) is 20.7. The zero-order valence-corrected chi connectivity index (χ0v) is 23.2. The van der Waals surface area contributed by atoms with Crippen LogP contribution in [-0.2, 0) is 41.8 Å². The molecule has 3 aromatic rings. The lowest BCUT2D eigenvalue weighted by Crippen LogP contribution is -2.44. The molecule has 14 nitrogen and oxygen atoms in total. The largest absolute Gasteiger partial charge is 0.459 e. The number of rotatable bonds is 12. The third-order valence-corrected chi connectivity index (χ3v) is 6.44. The summed E-state index contributed by atoms with van der Waals surface area (Å²) in [5, 5.41) is 25.2. The maximum atomic E-state index is 12.9. The molecule has 0 saturated carbocycles. The molecule has 0 aliphatic carbocycles. The van der Waals surface area contributed by atoms with Crippen LogP contribution >= 0.6 is 0 Å². The zero-order chi connectivity index (χ0) is 30.8. The van der Waals surface area contributed by atoms with Gasteiger partial charge in [-0.1, -0.05) is 60.7 Å². The molecule has 0 radical (unpaired) electrons. The summed E-state index contributed by atoms with van der Waals surface area (Å²) in [6, 6.07) is 17.6. The number of nitrogens with one attached hydrogen (secondary N) is 2. The summed E-state index contributed by atoms with van der Waals surface area (Å²) < 4.78 is 22.0. The number of methoxy groups -OCH3 is 1. The molecule has 14 heteroatoms. The fourth-order valence-corrected chi connectivity index (χ4v) is 4.25. The van der Waals surface area contributed by atoms with Gasteiger partial charge in [-0.15, -0.1) is 0 Å². The number of anilines is 1. The Labute approximate surface area is 246 Å². The molecule has 4 N–H and O–H groups in total. The Hall–Kier alpha value is -4.63. The van der Waals surface area contributed by atoms with E-state index in [1.165, 1.54) is 19.4 Å². The molecule has 2 amide bonds. The van der Waals surface area contributed by atoms with Crippen molar-refractivity contribution in [3.05, 3.63) is 94.5 Å². The number of aromatic nitrogens is 2. The number of ether oxygens (including phenoxy) is 4. The first-order valence-corrected chi connectivity index (χ1v) is 13.3. The van der Waals surface area contributed by atoms with Crippen molar-refractivity contribution in [1.29, 1.82) is 0 Å². The average molecular weight is 597 g/mol. The molecule has 228 valence electrons. The molecule has 4 rings (SSSR count). The van der Waals surface area contributed by atoms with Gasteiger partial charge in [0.25, 0.3) is 0 Å². The van der Waals surface area contributed by atoms with E-state index in [1.54, 1.807) is 54.6 Å². The number of hydrogen-bond acceptors (Lipinski definition) is 11. The van der Waals surface area contributed by atoms with E-state index in [9.17, 15) is 29.4 Å². The predicted molar refractivity (Wildman–Crippen MR) is 149 cm³/mol. The van der Waals surface area contributed by atoms with Crippen molar-refractivity contribution >= 4 is 23.8 Å². The van der Waals surface area contributed by atoms with Crippen LogP contribution < -0.4 is 16.3 Å². The van der Waals surface area contributed by atoms with Gasteiger partial charge in [-0.05, 0) is 17.2 Å². The van der Waals surface area contributed by atoms with Crippen LogP contribution in [0.1, 0.15) is 23.8 Å². The Balaban J connectivity index is 1.40. The van der Waals surface area contributed by atoms with Crippen molar-refractivity contribution in [2.45, 2.75) is 50.2 Å². The van der Waals surface area contributed by atoms with Gasteiger partial charge >= 0.3 is 17.8 Å². The number of hydrogen-bond donors (Lipinski definition) is 4. The van der Waals surface area contributed by atoms with Crippen molar-refractivity contribution in [2.75, 3.05) is 19.0 Å². The van der Waals surface area contributed by atoms with Crippen LogP contribution in [-0.4, -0.2) is 75.8 Å². The lowest BCUT2D eigenvalue weighted by atomic mass is 10.1. The minimum atomic E-state index is -1.42. The van der Waals surface area contributed by atoms with Crippen LogP contribution in [0.3, 0.4) is 0 Å². The monoisotopic (exact) mass is 596 g/mol. The Kier molecular flexibility index (Phi) is 10.9. The predicted octanol–water partition coefficient (Wildman–Crippen LogP) is 0.876. The second-order valence-electron chi connectivity index (χ2n) is 9.61. The highest BCUT2D eigenvalue weighted by molar-refractivity contribution is 5.94. The summed E-state index contributed by atoms with van der Waals surface area (Å²) in [4.78, 5) is 54.7. The fraction of sp³-hybridized carbons (Fsp3) is 0.345. The van der Waals surface area contributed by atoms with Gasteiger partial charge in [0.1, 0.15) is 43.4 Å². The van der Waals surface area contributed by atoms with Crippen molar-refractivity contribution in [3.8, 4) is 0 Å². The fourth-order valence-electron chi connectivity index (χ4n) is 4.25. The quantitative estimate of drug-likeness (QED) is 0.217. The van der Waals surface area contributed by atoms with E-state index in [0.717, 1.165) is 10.1 Å². The van der Waals surface area contributed by atoms with Crippen LogP contribution in [0, 0.1) is 0 Å². The van der Waals surface area contributed by atoms with Gasteiger partial charge < -0.3 is 39.8 Å². The topological polar surface area (TPSA) is 188 Å². The third-order valence-electron chi connectivity index (χ3n) is 6.44. The Morgan fingerprint density at radius 3 is 2.19 bits per heavy atom. The van der Waals surface area contributed by atoms with E-state index in [4.69, 9.17) is 18.9 Å². The number of esters is 1.